The number of ether oxygens (including phenoxy) is 10. The molecule has 0 aliphatic carbocycles. The van der Waals surface area contributed by atoms with E-state index in [1.54, 1.807) is 0 Å². The standard InChI is InChI=1S/C27H37ClO17S/c1-11(29)36-8-18-20(38-13(3)31)22(39-14(4)32)24(41-16(6)34)26(43-18)45-21-19(9-37-12(2)30)44-27(46-10-28)25(42-17(7)35)23(21)40-15(5)33/h18-27H,8-10H2,1-7H3/t18-,19-,20-,21-,22+,23+,24-,25-,26+,27+/m1/s1. The Hall–Kier alpha value is -3.19. The molecule has 2 rings (SSSR count). The van der Waals surface area contributed by atoms with Crippen molar-refractivity contribution in [3.8, 4) is 0 Å². The van der Waals surface area contributed by atoms with E-state index in [1.807, 2.05) is 0 Å². The summed E-state index contributed by atoms with van der Waals surface area (Å²) in [5.74, 6) is -5.68. The van der Waals surface area contributed by atoms with Gasteiger partial charge in [0.25, 0.3) is 0 Å². The number of halogens is 1. The second-order valence-electron chi connectivity index (χ2n) is 9.94. The van der Waals surface area contributed by atoms with E-state index < -0.39 is 116 Å². The van der Waals surface area contributed by atoms with Crippen molar-refractivity contribution in [2.75, 3.05) is 18.4 Å². The number of thioether (sulfide) groups is 1. The molecule has 0 aromatic heterocycles. The smallest absolute Gasteiger partial charge is 0.303 e. The molecule has 2 fully saturated rings. The second-order valence-corrected chi connectivity index (χ2v) is 11.6. The maximum absolute atomic E-state index is 12.3. The highest BCUT2D eigenvalue weighted by atomic mass is 35.5. The van der Waals surface area contributed by atoms with Crippen molar-refractivity contribution in [1.29, 1.82) is 0 Å². The third kappa shape index (κ3) is 11.9. The second kappa shape index (κ2) is 18.2. The highest BCUT2D eigenvalue weighted by Gasteiger charge is 2.57. The third-order valence-electron chi connectivity index (χ3n) is 6.11. The summed E-state index contributed by atoms with van der Waals surface area (Å²) in [4.78, 5) is 84.4. The van der Waals surface area contributed by atoms with Crippen LogP contribution in [0.2, 0.25) is 0 Å². The number of carbonyl (C=O) groups is 7. The Morgan fingerprint density at radius 1 is 0.522 bits per heavy atom. The fraction of sp³-hybridized carbons (Fsp3) is 0.741. The van der Waals surface area contributed by atoms with Crippen molar-refractivity contribution in [3.05, 3.63) is 0 Å². The number of rotatable bonds is 13. The molecule has 0 spiro atoms. The number of hydrogen-bond acceptors (Lipinski definition) is 18. The lowest BCUT2D eigenvalue weighted by atomic mass is 9.96. The Balaban J connectivity index is 2.70. The summed E-state index contributed by atoms with van der Waals surface area (Å²) in [7, 11) is 0. The van der Waals surface area contributed by atoms with Gasteiger partial charge in [0.1, 0.15) is 37.0 Å². The summed E-state index contributed by atoms with van der Waals surface area (Å²) in [6, 6.07) is 0. The minimum absolute atomic E-state index is 0.0548. The highest BCUT2D eigenvalue weighted by Crippen LogP contribution is 2.37. The quantitative estimate of drug-likeness (QED) is 0.146. The molecular formula is C27H37ClO17S. The van der Waals surface area contributed by atoms with Gasteiger partial charge in [-0.05, 0) is 0 Å². The van der Waals surface area contributed by atoms with Crippen molar-refractivity contribution in [3.63, 3.8) is 0 Å². The van der Waals surface area contributed by atoms with Crippen molar-refractivity contribution in [2.24, 2.45) is 0 Å². The zero-order chi connectivity index (χ0) is 34.7. The lowest BCUT2D eigenvalue weighted by Crippen LogP contribution is -2.66. The lowest BCUT2D eigenvalue weighted by Gasteiger charge is -2.48. The molecule has 2 saturated heterocycles. The summed E-state index contributed by atoms with van der Waals surface area (Å²) >= 11 is 6.91. The number of esters is 7. The zero-order valence-electron chi connectivity index (χ0n) is 26.1. The van der Waals surface area contributed by atoms with Crippen LogP contribution in [0.5, 0.6) is 0 Å². The summed E-state index contributed by atoms with van der Waals surface area (Å²) < 4.78 is 55.8. The molecule has 2 heterocycles. The van der Waals surface area contributed by atoms with Crippen molar-refractivity contribution >= 4 is 65.1 Å². The molecule has 17 nitrogen and oxygen atoms in total. The van der Waals surface area contributed by atoms with E-state index in [-0.39, 0.29) is 5.21 Å². The first-order chi connectivity index (χ1) is 21.5. The molecule has 10 atom stereocenters. The van der Waals surface area contributed by atoms with Crippen LogP contribution in [-0.4, -0.2) is 121 Å². The Morgan fingerprint density at radius 3 is 1.35 bits per heavy atom. The molecule has 0 unspecified atom stereocenters. The van der Waals surface area contributed by atoms with Crippen LogP contribution in [-0.2, 0) is 80.9 Å². The van der Waals surface area contributed by atoms with Gasteiger partial charge in [0, 0.05) is 48.5 Å². The van der Waals surface area contributed by atoms with E-state index >= 15 is 0 Å². The average molecular weight is 701 g/mol. The SMILES string of the molecule is CC(=O)OC[C@H]1O[C@@H](SCCl)[C@H](OC(C)=O)[C@@H](OC(C)=O)[C@@H]1O[C@@H]1O[C@H](COC(C)=O)[C@@H](OC(C)=O)[C@H](OC(C)=O)[C@H]1OC(C)=O. The molecular weight excluding hydrogens is 664 g/mol. The predicted molar refractivity (Wildman–Crippen MR) is 152 cm³/mol. The number of hydrogen-bond donors (Lipinski definition) is 0. The Labute approximate surface area is 273 Å². The minimum atomic E-state index is -1.75. The first kappa shape index (κ1) is 39.0. The van der Waals surface area contributed by atoms with E-state index in [0.717, 1.165) is 60.2 Å². The molecule has 0 N–H and O–H groups in total. The van der Waals surface area contributed by atoms with E-state index in [1.165, 1.54) is 0 Å². The molecule has 46 heavy (non-hydrogen) atoms. The predicted octanol–water partition coefficient (Wildman–Crippen LogP) is 0.536. The molecule has 0 amide bonds. The van der Waals surface area contributed by atoms with E-state index in [0.29, 0.717) is 0 Å². The topological polar surface area (TPSA) is 212 Å². The zero-order valence-corrected chi connectivity index (χ0v) is 27.7. The van der Waals surface area contributed by atoms with Gasteiger partial charge in [-0.3, -0.25) is 33.6 Å². The highest BCUT2D eigenvalue weighted by molar-refractivity contribution is 8.00. The molecule has 0 bridgehead atoms. The van der Waals surface area contributed by atoms with E-state index in [9.17, 15) is 33.6 Å². The maximum Gasteiger partial charge on any atom is 0.303 e. The Morgan fingerprint density at radius 2 is 0.913 bits per heavy atom. The van der Waals surface area contributed by atoms with E-state index in [2.05, 4.69) is 0 Å². The van der Waals surface area contributed by atoms with Crippen LogP contribution in [0.4, 0.5) is 0 Å². The van der Waals surface area contributed by atoms with Crippen LogP contribution in [0.3, 0.4) is 0 Å². The fourth-order valence-electron chi connectivity index (χ4n) is 4.67. The minimum Gasteiger partial charge on any atom is -0.463 e. The summed E-state index contributed by atoms with van der Waals surface area (Å²) in [6.07, 6.45) is -13.4. The van der Waals surface area contributed by atoms with Gasteiger partial charge in [-0.2, -0.15) is 0 Å². The van der Waals surface area contributed by atoms with E-state index in [4.69, 9.17) is 59.0 Å². The summed E-state index contributed by atoms with van der Waals surface area (Å²) in [5.41, 5.74) is -1.05. The molecule has 2 aliphatic rings. The van der Waals surface area contributed by atoms with Crippen LogP contribution in [0.25, 0.3) is 0 Å². The van der Waals surface area contributed by atoms with Crippen LogP contribution in [0, 0.1) is 0 Å². The van der Waals surface area contributed by atoms with Gasteiger partial charge in [-0.25, -0.2) is 0 Å². The van der Waals surface area contributed by atoms with Gasteiger partial charge in [-0.15, -0.1) is 23.4 Å². The Bertz CT molecular complexity index is 1130. The van der Waals surface area contributed by atoms with Gasteiger partial charge in [-0.1, -0.05) is 0 Å². The monoisotopic (exact) mass is 700 g/mol. The molecule has 2 aliphatic heterocycles. The van der Waals surface area contributed by atoms with Crippen LogP contribution < -0.4 is 0 Å². The molecule has 19 heteroatoms. The average Bonchev–Trinajstić information content (AvgIpc) is 2.91. The van der Waals surface area contributed by atoms with Crippen LogP contribution >= 0.6 is 23.4 Å². The van der Waals surface area contributed by atoms with Crippen molar-refractivity contribution < 1.29 is 80.9 Å². The first-order valence-corrected chi connectivity index (χ1v) is 15.4. The van der Waals surface area contributed by atoms with Crippen molar-refractivity contribution in [2.45, 2.75) is 109 Å². The third-order valence-corrected chi connectivity index (χ3v) is 7.32. The van der Waals surface area contributed by atoms with Gasteiger partial charge in [0.05, 0.1) is 5.21 Å². The largest absolute Gasteiger partial charge is 0.463 e. The van der Waals surface area contributed by atoms with Gasteiger partial charge < -0.3 is 47.4 Å². The summed E-state index contributed by atoms with van der Waals surface area (Å²) in [5, 5.41) is -0.0548. The Kier molecular flexibility index (Phi) is 15.4. The first-order valence-electron chi connectivity index (χ1n) is 13.8. The maximum atomic E-state index is 12.3. The van der Waals surface area contributed by atoms with Gasteiger partial charge in [0.2, 0.25) is 0 Å². The van der Waals surface area contributed by atoms with Crippen LogP contribution in [0.1, 0.15) is 48.5 Å². The lowest BCUT2D eigenvalue weighted by molar-refractivity contribution is -0.341. The number of carbonyl (C=O) groups excluding carboxylic acids is 7. The number of alkyl halides is 1. The molecule has 0 aromatic carbocycles. The van der Waals surface area contributed by atoms with Crippen molar-refractivity contribution in [1.82, 2.24) is 0 Å². The summed E-state index contributed by atoms with van der Waals surface area (Å²) in [6.45, 7) is 6.54. The van der Waals surface area contributed by atoms with Gasteiger partial charge >= 0.3 is 41.8 Å². The molecule has 0 aromatic rings. The molecule has 260 valence electrons. The molecule has 0 saturated carbocycles. The van der Waals surface area contributed by atoms with Gasteiger partial charge in [0.15, 0.2) is 36.8 Å². The normalized spacial score (nSPS) is 30.6. The molecule has 0 radical (unpaired) electrons. The van der Waals surface area contributed by atoms with Crippen LogP contribution in [0.15, 0.2) is 0 Å². The fourth-order valence-corrected chi connectivity index (χ4v) is 5.79.